The molecule has 122 valence electrons. The first kappa shape index (κ1) is 17.0. The summed E-state index contributed by atoms with van der Waals surface area (Å²) in [6, 6.07) is 15.0. The van der Waals surface area contributed by atoms with Gasteiger partial charge in [-0.2, -0.15) is 0 Å². The third kappa shape index (κ3) is 4.35. The molecule has 6 heteroatoms. The second-order valence-corrected chi connectivity index (χ2v) is 6.90. The maximum atomic E-state index is 12.1. The Morgan fingerprint density at radius 2 is 1.96 bits per heavy atom. The quantitative estimate of drug-likeness (QED) is 0.682. The largest absolute Gasteiger partial charge is 0.352 e. The lowest BCUT2D eigenvalue weighted by Gasteiger charge is -2.06. The van der Waals surface area contributed by atoms with Gasteiger partial charge in [0.25, 0.3) is 0 Å². The molecule has 0 radical (unpaired) electrons. The summed E-state index contributed by atoms with van der Waals surface area (Å²) in [5.41, 5.74) is 2.59. The highest BCUT2D eigenvalue weighted by Gasteiger charge is 2.10. The summed E-state index contributed by atoms with van der Waals surface area (Å²) in [6.07, 6.45) is 0.238. The number of carbonyl (C=O) groups excluding carboxylic acids is 1. The number of nitrogens with zero attached hydrogens (tertiary/aromatic N) is 1. The molecule has 0 saturated heterocycles. The number of halogens is 2. The van der Waals surface area contributed by atoms with E-state index in [1.54, 1.807) is 6.07 Å². The minimum Gasteiger partial charge on any atom is -0.352 e. The van der Waals surface area contributed by atoms with Gasteiger partial charge in [-0.25, -0.2) is 4.98 Å². The van der Waals surface area contributed by atoms with Gasteiger partial charge in [-0.05, 0) is 23.8 Å². The molecule has 0 unspecified atom stereocenters. The number of hydrogen-bond donors (Lipinski definition) is 1. The lowest BCUT2D eigenvalue weighted by molar-refractivity contribution is -0.120. The lowest BCUT2D eigenvalue weighted by Crippen LogP contribution is -2.24. The third-order valence-corrected chi connectivity index (χ3v) is 4.94. The molecule has 0 aliphatic carbocycles. The molecule has 2 aromatic carbocycles. The van der Waals surface area contributed by atoms with Gasteiger partial charge in [0, 0.05) is 27.5 Å². The van der Waals surface area contributed by atoms with Gasteiger partial charge in [-0.15, -0.1) is 11.3 Å². The van der Waals surface area contributed by atoms with Gasteiger partial charge in [-0.1, -0.05) is 53.5 Å². The van der Waals surface area contributed by atoms with Crippen molar-refractivity contribution in [2.75, 3.05) is 0 Å². The molecule has 1 amide bonds. The van der Waals surface area contributed by atoms with Gasteiger partial charge in [0.2, 0.25) is 5.91 Å². The fourth-order valence-electron chi connectivity index (χ4n) is 2.20. The first-order chi connectivity index (χ1) is 11.6. The monoisotopic (exact) mass is 376 g/mol. The summed E-state index contributed by atoms with van der Waals surface area (Å²) >= 11 is 13.6. The van der Waals surface area contributed by atoms with E-state index < -0.39 is 0 Å². The molecule has 0 bridgehead atoms. The van der Waals surface area contributed by atoms with Crippen LogP contribution in [0, 0.1) is 0 Å². The van der Waals surface area contributed by atoms with E-state index in [1.165, 1.54) is 11.3 Å². The predicted octanol–water partition coefficient (Wildman–Crippen LogP) is 4.98. The van der Waals surface area contributed by atoms with E-state index in [0.29, 0.717) is 16.6 Å². The Labute approximate surface area is 154 Å². The minimum absolute atomic E-state index is 0.0853. The van der Waals surface area contributed by atoms with E-state index in [0.717, 1.165) is 21.8 Å². The fourth-order valence-corrected chi connectivity index (χ4v) is 3.41. The maximum Gasteiger partial charge on any atom is 0.226 e. The normalized spacial score (nSPS) is 10.6. The fraction of sp³-hybridized carbons (Fsp3) is 0.111. The molecule has 1 heterocycles. The summed E-state index contributed by atoms with van der Waals surface area (Å²) in [7, 11) is 0. The van der Waals surface area contributed by atoms with E-state index in [-0.39, 0.29) is 12.3 Å². The number of aromatic nitrogens is 1. The van der Waals surface area contributed by atoms with Gasteiger partial charge in [0.05, 0.1) is 12.1 Å². The van der Waals surface area contributed by atoms with Crippen molar-refractivity contribution in [3.05, 3.63) is 75.2 Å². The van der Waals surface area contributed by atoms with Crippen LogP contribution in [-0.2, 0) is 17.8 Å². The Bertz CT molecular complexity index is 863. The minimum atomic E-state index is -0.0853. The molecule has 0 aliphatic rings. The van der Waals surface area contributed by atoms with E-state index in [1.807, 2.05) is 47.8 Å². The number of carbonyl (C=O) groups is 1. The molecule has 1 N–H and O–H groups in total. The Hall–Kier alpha value is -1.88. The van der Waals surface area contributed by atoms with Crippen molar-refractivity contribution in [1.82, 2.24) is 10.3 Å². The maximum absolute atomic E-state index is 12.1. The molecule has 1 aromatic heterocycles. The highest BCUT2D eigenvalue weighted by atomic mass is 35.5. The molecule has 24 heavy (non-hydrogen) atoms. The second kappa shape index (κ2) is 7.79. The molecule has 0 fully saturated rings. The zero-order valence-corrected chi connectivity index (χ0v) is 15.0. The van der Waals surface area contributed by atoms with Crippen molar-refractivity contribution in [2.45, 2.75) is 13.0 Å². The zero-order valence-electron chi connectivity index (χ0n) is 12.6. The summed E-state index contributed by atoms with van der Waals surface area (Å²) in [5.74, 6) is -0.0853. The molecular formula is C18H14Cl2N2OS. The third-order valence-electron chi connectivity index (χ3n) is 3.40. The molecule has 0 atom stereocenters. The zero-order chi connectivity index (χ0) is 16.9. The van der Waals surface area contributed by atoms with Crippen molar-refractivity contribution in [1.29, 1.82) is 0 Å². The van der Waals surface area contributed by atoms with Crippen LogP contribution in [0.1, 0.15) is 11.3 Å². The molecule has 3 nitrogen and oxygen atoms in total. The SMILES string of the molecule is O=C(Cc1csc(-c2cccc(Cl)c2)n1)NCc1ccccc1Cl. The average molecular weight is 377 g/mol. The number of thiazole rings is 1. The molecule has 0 spiro atoms. The van der Waals surface area contributed by atoms with E-state index in [4.69, 9.17) is 23.2 Å². The Morgan fingerprint density at radius 1 is 1.12 bits per heavy atom. The van der Waals surface area contributed by atoms with E-state index >= 15 is 0 Å². The number of rotatable bonds is 5. The van der Waals surface area contributed by atoms with E-state index in [2.05, 4.69) is 10.3 Å². The van der Waals surface area contributed by atoms with Crippen molar-refractivity contribution in [2.24, 2.45) is 0 Å². The van der Waals surface area contributed by atoms with Crippen molar-refractivity contribution >= 4 is 40.4 Å². The van der Waals surface area contributed by atoms with Gasteiger partial charge in [0.1, 0.15) is 5.01 Å². The number of benzene rings is 2. The number of hydrogen-bond acceptors (Lipinski definition) is 3. The summed E-state index contributed by atoms with van der Waals surface area (Å²) in [5, 5.41) is 6.93. The molecule has 3 rings (SSSR count). The molecule has 0 aliphatic heterocycles. The van der Waals surface area contributed by atoms with E-state index in [9.17, 15) is 4.79 Å². The highest BCUT2D eigenvalue weighted by Crippen LogP contribution is 2.26. The molecule has 3 aromatic rings. The summed E-state index contributed by atoms with van der Waals surface area (Å²) in [6.45, 7) is 0.407. The highest BCUT2D eigenvalue weighted by molar-refractivity contribution is 7.13. The molecule has 0 saturated carbocycles. The first-order valence-corrected chi connectivity index (χ1v) is 8.96. The molecular weight excluding hydrogens is 363 g/mol. The van der Waals surface area contributed by atoms with Crippen LogP contribution < -0.4 is 5.32 Å². The van der Waals surface area contributed by atoms with Crippen LogP contribution in [0.3, 0.4) is 0 Å². The van der Waals surface area contributed by atoms with Crippen LogP contribution in [0.4, 0.5) is 0 Å². The van der Waals surface area contributed by atoms with Crippen LogP contribution in [-0.4, -0.2) is 10.9 Å². The van der Waals surface area contributed by atoms with Crippen molar-refractivity contribution in [3.63, 3.8) is 0 Å². The lowest BCUT2D eigenvalue weighted by atomic mass is 10.2. The summed E-state index contributed by atoms with van der Waals surface area (Å²) in [4.78, 5) is 16.6. The standard InChI is InChI=1S/C18H14Cl2N2OS/c19-14-6-3-5-12(8-14)18-22-15(11-24-18)9-17(23)21-10-13-4-1-2-7-16(13)20/h1-8,11H,9-10H2,(H,21,23). The van der Waals surface area contributed by atoms with Crippen LogP contribution in [0.5, 0.6) is 0 Å². The average Bonchev–Trinajstić information content (AvgIpc) is 3.02. The van der Waals surface area contributed by atoms with Gasteiger partial charge < -0.3 is 5.32 Å². The van der Waals surface area contributed by atoms with Gasteiger partial charge >= 0.3 is 0 Å². The predicted molar refractivity (Wildman–Crippen MR) is 99.6 cm³/mol. The number of amides is 1. The van der Waals surface area contributed by atoms with Crippen molar-refractivity contribution in [3.8, 4) is 10.6 Å². The van der Waals surface area contributed by atoms with Crippen LogP contribution >= 0.6 is 34.5 Å². The summed E-state index contributed by atoms with van der Waals surface area (Å²) < 4.78 is 0. The number of nitrogens with one attached hydrogen (secondary N) is 1. The van der Waals surface area contributed by atoms with Crippen LogP contribution in [0.25, 0.3) is 10.6 Å². The van der Waals surface area contributed by atoms with Gasteiger partial charge in [-0.3, -0.25) is 4.79 Å². The Balaban J connectivity index is 1.60. The van der Waals surface area contributed by atoms with Crippen LogP contribution in [0.2, 0.25) is 10.0 Å². The van der Waals surface area contributed by atoms with Crippen LogP contribution in [0.15, 0.2) is 53.9 Å². The van der Waals surface area contributed by atoms with Gasteiger partial charge in [0.15, 0.2) is 0 Å². The van der Waals surface area contributed by atoms with Crippen molar-refractivity contribution < 1.29 is 4.79 Å². The topological polar surface area (TPSA) is 42.0 Å². The first-order valence-electron chi connectivity index (χ1n) is 7.32. The Kier molecular flexibility index (Phi) is 5.51. The smallest absolute Gasteiger partial charge is 0.226 e. The Morgan fingerprint density at radius 3 is 2.75 bits per heavy atom. The second-order valence-electron chi connectivity index (χ2n) is 5.20.